The summed E-state index contributed by atoms with van der Waals surface area (Å²) in [4.78, 5) is 4.85. The van der Waals surface area contributed by atoms with Crippen molar-refractivity contribution in [2.24, 2.45) is 0 Å². The van der Waals surface area contributed by atoms with Crippen LogP contribution in [-0.4, -0.2) is 4.98 Å². The van der Waals surface area contributed by atoms with Gasteiger partial charge < -0.3 is 4.42 Å². The normalized spacial score (nSPS) is 14.3. The fourth-order valence-electron chi connectivity index (χ4n) is 5.86. The van der Waals surface area contributed by atoms with Gasteiger partial charge in [-0.1, -0.05) is 70.2 Å². The van der Waals surface area contributed by atoms with Crippen molar-refractivity contribution >= 4 is 21.9 Å². The standard InChI is InChI=1S/C31H29NO/c1-17(2)24-15-26(32-16-19(24)4)27-18(3)11-12-22-23-14-13-21-20-9-7-8-10-25(20)31(5,6)28(21)30(23)33-29(22)27/h7-17H,1-6H3. The number of hydrogen-bond acceptors (Lipinski definition) is 2. The van der Waals surface area contributed by atoms with E-state index in [4.69, 9.17) is 9.40 Å². The molecule has 1 aliphatic rings. The number of rotatable bonds is 2. The van der Waals surface area contributed by atoms with Crippen LogP contribution in [0.4, 0.5) is 0 Å². The van der Waals surface area contributed by atoms with E-state index in [0.29, 0.717) is 5.92 Å². The smallest absolute Gasteiger partial charge is 0.145 e. The zero-order valence-corrected chi connectivity index (χ0v) is 20.2. The van der Waals surface area contributed by atoms with Crippen molar-refractivity contribution < 1.29 is 4.42 Å². The number of furan rings is 1. The van der Waals surface area contributed by atoms with Crippen LogP contribution in [0.5, 0.6) is 0 Å². The number of nitrogens with zero attached hydrogens (tertiary/aromatic N) is 1. The molecule has 0 fully saturated rings. The number of benzene rings is 3. The Morgan fingerprint density at radius 1 is 0.818 bits per heavy atom. The van der Waals surface area contributed by atoms with Gasteiger partial charge in [-0.15, -0.1) is 0 Å². The number of pyridine rings is 1. The van der Waals surface area contributed by atoms with Crippen LogP contribution in [-0.2, 0) is 5.41 Å². The molecule has 0 amide bonds. The first-order valence-corrected chi connectivity index (χ1v) is 11.8. The van der Waals surface area contributed by atoms with Crippen molar-refractivity contribution in [1.29, 1.82) is 0 Å². The Morgan fingerprint density at radius 2 is 1.55 bits per heavy atom. The summed E-state index contributed by atoms with van der Waals surface area (Å²) >= 11 is 0. The van der Waals surface area contributed by atoms with Gasteiger partial charge in [0.05, 0.1) is 5.69 Å². The molecule has 3 aromatic carbocycles. The van der Waals surface area contributed by atoms with E-state index < -0.39 is 0 Å². The zero-order chi connectivity index (χ0) is 23.1. The molecule has 5 aromatic rings. The molecule has 2 aromatic heterocycles. The van der Waals surface area contributed by atoms with Gasteiger partial charge in [0.2, 0.25) is 0 Å². The van der Waals surface area contributed by atoms with E-state index in [1.807, 2.05) is 6.20 Å². The molecule has 2 nitrogen and oxygen atoms in total. The van der Waals surface area contributed by atoms with Crippen LogP contribution in [0.15, 0.2) is 65.2 Å². The SMILES string of the molecule is Cc1cnc(-c2c(C)ccc3c2oc2c4c(ccc23)-c2ccccc2C4(C)C)cc1C(C)C. The molecule has 6 rings (SSSR count). The molecule has 0 aliphatic heterocycles. The van der Waals surface area contributed by atoms with Gasteiger partial charge in [-0.3, -0.25) is 4.98 Å². The van der Waals surface area contributed by atoms with Crippen molar-refractivity contribution in [2.75, 3.05) is 0 Å². The monoisotopic (exact) mass is 431 g/mol. The van der Waals surface area contributed by atoms with Crippen LogP contribution in [0.25, 0.3) is 44.3 Å². The van der Waals surface area contributed by atoms with Crippen molar-refractivity contribution in [1.82, 2.24) is 4.98 Å². The Morgan fingerprint density at radius 3 is 2.33 bits per heavy atom. The van der Waals surface area contributed by atoms with E-state index in [9.17, 15) is 0 Å². The highest BCUT2D eigenvalue weighted by Gasteiger charge is 2.38. The molecule has 0 saturated carbocycles. The highest BCUT2D eigenvalue weighted by atomic mass is 16.3. The first kappa shape index (κ1) is 20.2. The minimum absolute atomic E-state index is 0.110. The molecule has 2 heterocycles. The molecular weight excluding hydrogens is 402 g/mol. The second kappa shape index (κ2) is 6.81. The van der Waals surface area contributed by atoms with Crippen molar-refractivity contribution in [3.05, 3.63) is 88.6 Å². The summed E-state index contributed by atoms with van der Waals surface area (Å²) in [5, 5.41) is 2.34. The lowest BCUT2D eigenvalue weighted by Gasteiger charge is -2.21. The average Bonchev–Trinajstić information content (AvgIpc) is 3.27. The lowest BCUT2D eigenvalue weighted by Crippen LogP contribution is -2.15. The van der Waals surface area contributed by atoms with Crippen LogP contribution >= 0.6 is 0 Å². The largest absolute Gasteiger partial charge is 0.455 e. The Balaban J connectivity index is 1.69. The number of aryl methyl sites for hydroxylation is 2. The Hall–Kier alpha value is -3.39. The molecule has 0 radical (unpaired) electrons. The molecule has 0 atom stereocenters. The van der Waals surface area contributed by atoms with Gasteiger partial charge in [0, 0.05) is 33.5 Å². The third kappa shape index (κ3) is 2.70. The molecule has 164 valence electrons. The molecule has 2 heteroatoms. The minimum atomic E-state index is -0.110. The summed E-state index contributed by atoms with van der Waals surface area (Å²) in [6.45, 7) is 13.4. The van der Waals surface area contributed by atoms with E-state index in [1.54, 1.807) is 0 Å². The average molecular weight is 432 g/mol. The molecule has 0 saturated heterocycles. The molecular formula is C31H29NO. The fourth-order valence-corrected chi connectivity index (χ4v) is 5.86. The first-order chi connectivity index (χ1) is 15.8. The lowest BCUT2D eigenvalue weighted by molar-refractivity contribution is 0.620. The molecule has 33 heavy (non-hydrogen) atoms. The summed E-state index contributed by atoms with van der Waals surface area (Å²) in [6.07, 6.45) is 2.00. The van der Waals surface area contributed by atoms with E-state index >= 15 is 0 Å². The van der Waals surface area contributed by atoms with Crippen LogP contribution in [0.1, 0.15) is 61.4 Å². The fraction of sp³-hybridized carbons (Fsp3) is 0.258. The van der Waals surface area contributed by atoms with Crippen LogP contribution < -0.4 is 0 Å². The second-order valence-corrected chi connectivity index (χ2v) is 10.4. The quantitative estimate of drug-likeness (QED) is 0.279. The molecule has 1 aliphatic carbocycles. The van der Waals surface area contributed by atoms with E-state index in [0.717, 1.165) is 27.8 Å². The number of fused-ring (bicyclic) bond motifs is 7. The second-order valence-electron chi connectivity index (χ2n) is 10.4. The first-order valence-electron chi connectivity index (χ1n) is 11.8. The summed E-state index contributed by atoms with van der Waals surface area (Å²) in [5.74, 6) is 0.449. The molecule has 0 bridgehead atoms. The third-order valence-corrected chi connectivity index (χ3v) is 7.56. The maximum absolute atomic E-state index is 6.82. The zero-order valence-electron chi connectivity index (χ0n) is 20.2. The van der Waals surface area contributed by atoms with Crippen molar-refractivity contribution in [3.8, 4) is 22.4 Å². The van der Waals surface area contributed by atoms with Gasteiger partial charge in [-0.05, 0) is 65.3 Å². The van der Waals surface area contributed by atoms with E-state index in [1.165, 1.54) is 44.3 Å². The maximum atomic E-state index is 6.82. The van der Waals surface area contributed by atoms with Gasteiger partial charge >= 0.3 is 0 Å². The van der Waals surface area contributed by atoms with Gasteiger partial charge in [0.15, 0.2) is 0 Å². The van der Waals surface area contributed by atoms with Gasteiger partial charge in [-0.2, -0.15) is 0 Å². The Kier molecular flexibility index (Phi) is 4.17. The van der Waals surface area contributed by atoms with E-state index in [-0.39, 0.29) is 5.41 Å². The molecule has 0 spiro atoms. The number of hydrogen-bond donors (Lipinski definition) is 0. The lowest BCUT2D eigenvalue weighted by atomic mass is 9.82. The van der Waals surface area contributed by atoms with Crippen LogP contribution in [0.2, 0.25) is 0 Å². The Bertz CT molecular complexity index is 1580. The molecule has 0 unspecified atom stereocenters. The highest BCUT2D eigenvalue weighted by Crippen LogP contribution is 2.53. The molecule has 0 N–H and O–H groups in total. The highest BCUT2D eigenvalue weighted by molar-refractivity contribution is 6.12. The third-order valence-electron chi connectivity index (χ3n) is 7.56. The van der Waals surface area contributed by atoms with Gasteiger partial charge in [0.25, 0.3) is 0 Å². The minimum Gasteiger partial charge on any atom is -0.455 e. The summed E-state index contributed by atoms with van der Waals surface area (Å²) in [6, 6.07) is 19.9. The predicted octanol–water partition coefficient (Wildman–Crippen LogP) is 8.69. The topological polar surface area (TPSA) is 26.0 Å². The van der Waals surface area contributed by atoms with Gasteiger partial charge in [-0.25, -0.2) is 0 Å². The summed E-state index contributed by atoms with van der Waals surface area (Å²) in [7, 11) is 0. The van der Waals surface area contributed by atoms with Crippen molar-refractivity contribution in [2.45, 2.75) is 52.9 Å². The van der Waals surface area contributed by atoms with E-state index in [2.05, 4.69) is 96.1 Å². The summed E-state index contributed by atoms with van der Waals surface area (Å²) < 4.78 is 6.82. The van der Waals surface area contributed by atoms with Crippen LogP contribution in [0.3, 0.4) is 0 Å². The van der Waals surface area contributed by atoms with Crippen molar-refractivity contribution in [3.63, 3.8) is 0 Å². The predicted molar refractivity (Wildman–Crippen MR) is 138 cm³/mol. The van der Waals surface area contributed by atoms with Crippen LogP contribution in [0, 0.1) is 13.8 Å². The maximum Gasteiger partial charge on any atom is 0.145 e. The van der Waals surface area contributed by atoms with Gasteiger partial charge in [0.1, 0.15) is 11.2 Å². The summed E-state index contributed by atoms with van der Waals surface area (Å²) in [5.41, 5.74) is 13.0. The Labute approximate surface area is 195 Å². The number of aromatic nitrogens is 1.